The van der Waals surface area contributed by atoms with E-state index in [0.717, 1.165) is 18.3 Å². The average Bonchev–Trinajstić information content (AvgIpc) is 3.36. The summed E-state index contributed by atoms with van der Waals surface area (Å²) in [5.41, 5.74) is 7.41. The standard InChI is InChI=1S/C27H37N2/c1-6-14-27(5)26(4,7-2)23-11-9-8-10-21(23)25-18(3)24(28-17-29(25)27)22-16-19-12-13-20(22)15-19/h8-11,17,19-20,22H,6-7,12-16H2,1-5H3/q+1. The van der Waals surface area contributed by atoms with Gasteiger partial charge in [-0.3, -0.25) is 0 Å². The molecule has 5 atom stereocenters. The van der Waals surface area contributed by atoms with Crippen molar-refractivity contribution in [2.45, 2.75) is 96.4 Å². The minimum Gasteiger partial charge on any atom is -0.224 e. The van der Waals surface area contributed by atoms with Crippen molar-refractivity contribution in [3.8, 4) is 11.3 Å². The molecular formula is C27H37N2+. The summed E-state index contributed by atoms with van der Waals surface area (Å²) in [5.74, 6) is 2.51. The second kappa shape index (κ2) is 6.65. The number of benzene rings is 1. The van der Waals surface area contributed by atoms with E-state index in [1.807, 2.05) is 0 Å². The number of nitrogens with zero attached hydrogens (tertiary/aromatic N) is 2. The number of hydrogen-bond donors (Lipinski definition) is 0. The number of hydrogen-bond acceptors (Lipinski definition) is 1. The van der Waals surface area contributed by atoms with Gasteiger partial charge >= 0.3 is 0 Å². The van der Waals surface area contributed by atoms with Crippen molar-refractivity contribution in [3.05, 3.63) is 47.4 Å². The third-order valence-corrected chi connectivity index (χ3v) is 9.32. The molecule has 2 saturated carbocycles. The Bertz CT molecular complexity index is 948. The van der Waals surface area contributed by atoms with Crippen molar-refractivity contribution in [2.24, 2.45) is 11.8 Å². The van der Waals surface area contributed by atoms with Crippen LogP contribution in [0.2, 0.25) is 0 Å². The maximum atomic E-state index is 5.21. The zero-order chi connectivity index (χ0) is 20.4. The summed E-state index contributed by atoms with van der Waals surface area (Å²) < 4.78 is 2.58. The van der Waals surface area contributed by atoms with Crippen molar-refractivity contribution in [2.75, 3.05) is 0 Å². The summed E-state index contributed by atoms with van der Waals surface area (Å²) in [6, 6.07) is 9.21. The average molecular weight is 390 g/mol. The first kappa shape index (κ1) is 19.3. The first-order chi connectivity index (χ1) is 13.9. The lowest BCUT2D eigenvalue weighted by Crippen LogP contribution is -2.68. The third-order valence-electron chi connectivity index (χ3n) is 9.32. The van der Waals surface area contributed by atoms with E-state index in [9.17, 15) is 0 Å². The SMILES string of the molecule is CCCC1(C)[n+]2cnc(C3CC4CCC3C4)c(C)c2-c2ccccc2C1(C)CC. The Morgan fingerprint density at radius 1 is 1.10 bits per heavy atom. The van der Waals surface area contributed by atoms with Crippen LogP contribution in [0.25, 0.3) is 11.3 Å². The molecule has 29 heavy (non-hydrogen) atoms. The van der Waals surface area contributed by atoms with Gasteiger partial charge in [-0.05, 0) is 63.4 Å². The monoisotopic (exact) mass is 389 g/mol. The summed E-state index contributed by atoms with van der Waals surface area (Å²) in [5, 5.41) is 0. The minimum atomic E-state index is 0.0468. The summed E-state index contributed by atoms with van der Waals surface area (Å²) in [6.45, 7) is 12.0. The maximum Gasteiger partial charge on any atom is 0.287 e. The van der Waals surface area contributed by atoms with Crippen LogP contribution in [0.1, 0.15) is 95.4 Å². The molecule has 0 spiro atoms. The Labute approximate surface area is 176 Å². The van der Waals surface area contributed by atoms with Gasteiger partial charge in [-0.1, -0.05) is 62.9 Å². The summed E-state index contributed by atoms with van der Waals surface area (Å²) in [7, 11) is 0. The largest absolute Gasteiger partial charge is 0.287 e. The van der Waals surface area contributed by atoms with Crippen LogP contribution in [0, 0.1) is 18.8 Å². The smallest absolute Gasteiger partial charge is 0.224 e. The highest BCUT2D eigenvalue weighted by molar-refractivity contribution is 5.68. The lowest BCUT2D eigenvalue weighted by atomic mass is 9.60. The van der Waals surface area contributed by atoms with Crippen molar-refractivity contribution in [3.63, 3.8) is 0 Å². The Hall–Kier alpha value is -1.70. The summed E-state index contributed by atoms with van der Waals surface area (Å²) >= 11 is 0. The molecule has 0 amide bonds. The molecular weight excluding hydrogens is 352 g/mol. The van der Waals surface area contributed by atoms with E-state index in [2.05, 4.69) is 69.8 Å². The molecule has 1 aromatic carbocycles. The van der Waals surface area contributed by atoms with Crippen molar-refractivity contribution in [1.29, 1.82) is 0 Å². The number of aromatic nitrogens is 2. The highest BCUT2D eigenvalue weighted by Crippen LogP contribution is 2.55. The van der Waals surface area contributed by atoms with Crippen LogP contribution in [0.4, 0.5) is 0 Å². The van der Waals surface area contributed by atoms with Crippen LogP contribution in [-0.4, -0.2) is 4.98 Å². The van der Waals surface area contributed by atoms with Gasteiger partial charge in [0.1, 0.15) is 11.2 Å². The van der Waals surface area contributed by atoms with Gasteiger partial charge in [0, 0.05) is 22.5 Å². The van der Waals surface area contributed by atoms with E-state index in [1.165, 1.54) is 66.6 Å². The molecule has 2 fully saturated rings. The highest BCUT2D eigenvalue weighted by atomic mass is 15.1. The Morgan fingerprint density at radius 2 is 1.90 bits per heavy atom. The van der Waals surface area contributed by atoms with E-state index >= 15 is 0 Å². The molecule has 1 aromatic heterocycles. The molecule has 2 bridgehead atoms. The van der Waals surface area contributed by atoms with Gasteiger partial charge in [-0.2, -0.15) is 0 Å². The van der Waals surface area contributed by atoms with E-state index in [1.54, 1.807) is 0 Å². The summed E-state index contributed by atoms with van der Waals surface area (Å²) in [4.78, 5) is 5.21. The Balaban J connectivity index is 1.75. The molecule has 2 heteroatoms. The van der Waals surface area contributed by atoms with Gasteiger partial charge in [0.15, 0.2) is 5.69 Å². The van der Waals surface area contributed by atoms with E-state index in [0.29, 0.717) is 5.92 Å². The highest BCUT2D eigenvalue weighted by Gasteiger charge is 2.55. The molecule has 2 heterocycles. The van der Waals surface area contributed by atoms with Gasteiger partial charge in [0.2, 0.25) is 0 Å². The zero-order valence-electron chi connectivity index (χ0n) is 19.0. The number of fused-ring (bicyclic) bond motifs is 5. The predicted octanol–water partition coefficient (Wildman–Crippen LogP) is 6.44. The van der Waals surface area contributed by atoms with Gasteiger partial charge in [0.25, 0.3) is 6.33 Å². The maximum absolute atomic E-state index is 5.21. The second-order valence-corrected chi connectivity index (χ2v) is 10.5. The molecule has 1 aliphatic heterocycles. The van der Waals surface area contributed by atoms with Crippen LogP contribution >= 0.6 is 0 Å². The van der Waals surface area contributed by atoms with Gasteiger partial charge in [-0.15, -0.1) is 0 Å². The van der Waals surface area contributed by atoms with Crippen LogP contribution < -0.4 is 4.57 Å². The molecule has 0 radical (unpaired) electrons. The molecule has 5 unspecified atom stereocenters. The van der Waals surface area contributed by atoms with Gasteiger partial charge in [-0.25, -0.2) is 4.57 Å². The van der Waals surface area contributed by atoms with E-state index < -0.39 is 0 Å². The molecule has 0 N–H and O–H groups in total. The lowest BCUT2D eigenvalue weighted by molar-refractivity contribution is -0.768. The van der Waals surface area contributed by atoms with Crippen LogP contribution in [0.15, 0.2) is 30.6 Å². The van der Waals surface area contributed by atoms with E-state index in [-0.39, 0.29) is 11.0 Å². The third kappa shape index (κ3) is 2.47. The number of rotatable bonds is 4. The first-order valence-corrected chi connectivity index (χ1v) is 12.0. The van der Waals surface area contributed by atoms with Crippen LogP contribution in [0.5, 0.6) is 0 Å². The van der Waals surface area contributed by atoms with Crippen molar-refractivity contribution < 1.29 is 4.57 Å². The first-order valence-electron chi connectivity index (χ1n) is 12.0. The molecule has 0 saturated heterocycles. The van der Waals surface area contributed by atoms with Gasteiger partial charge in [0.05, 0.1) is 0 Å². The zero-order valence-corrected chi connectivity index (χ0v) is 19.0. The van der Waals surface area contributed by atoms with Crippen LogP contribution in [-0.2, 0) is 11.0 Å². The topological polar surface area (TPSA) is 16.8 Å². The van der Waals surface area contributed by atoms with Gasteiger partial charge < -0.3 is 0 Å². The van der Waals surface area contributed by atoms with Crippen molar-refractivity contribution >= 4 is 0 Å². The fourth-order valence-electron chi connectivity index (χ4n) is 7.42. The van der Waals surface area contributed by atoms with Crippen LogP contribution in [0.3, 0.4) is 0 Å². The molecule has 2 nitrogen and oxygen atoms in total. The molecule has 2 aliphatic carbocycles. The Morgan fingerprint density at radius 3 is 2.55 bits per heavy atom. The Kier molecular flexibility index (Phi) is 4.42. The fraction of sp³-hybridized carbons (Fsp3) is 0.630. The predicted molar refractivity (Wildman–Crippen MR) is 119 cm³/mol. The molecule has 2 aromatic rings. The summed E-state index contributed by atoms with van der Waals surface area (Å²) in [6.07, 6.45) is 11.4. The second-order valence-electron chi connectivity index (χ2n) is 10.5. The molecule has 154 valence electrons. The normalized spacial score (nSPS) is 34.9. The minimum absolute atomic E-state index is 0.0468. The quantitative estimate of drug-likeness (QED) is 0.549. The lowest BCUT2D eigenvalue weighted by Gasteiger charge is -2.49. The fourth-order valence-corrected chi connectivity index (χ4v) is 7.42. The molecule has 5 rings (SSSR count). The van der Waals surface area contributed by atoms with Crippen molar-refractivity contribution in [1.82, 2.24) is 4.98 Å². The van der Waals surface area contributed by atoms with E-state index in [4.69, 9.17) is 4.98 Å². The molecule has 3 aliphatic rings.